The minimum atomic E-state index is -3.73. The average Bonchev–Trinajstić information content (AvgIpc) is 3.23. The van der Waals surface area contributed by atoms with Crippen molar-refractivity contribution in [3.8, 4) is 0 Å². The summed E-state index contributed by atoms with van der Waals surface area (Å²) < 4.78 is 26.8. The van der Waals surface area contributed by atoms with Gasteiger partial charge in [-0.25, -0.2) is 8.42 Å². The van der Waals surface area contributed by atoms with E-state index in [9.17, 15) is 22.8 Å². The molecule has 41 heavy (non-hydrogen) atoms. The fraction of sp³-hybridized carbons (Fsp3) is 0.207. The predicted molar refractivity (Wildman–Crippen MR) is 163 cm³/mol. The molecule has 3 aromatic rings. The van der Waals surface area contributed by atoms with Crippen molar-refractivity contribution in [3.63, 3.8) is 0 Å². The number of hydrogen-bond donors (Lipinski definition) is 3. The second kappa shape index (κ2) is 12.1. The number of carboxylic acids is 1. The number of carbonyl (C=O) groups excluding carboxylic acids is 2. The molecule has 3 N–H and O–H groups in total. The Balaban J connectivity index is 1.73. The molecule has 0 spiro atoms. The summed E-state index contributed by atoms with van der Waals surface area (Å²) in [6, 6.07) is 19.3. The van der Waals surface area contributed by atoms with Crippen LogP contribution in [0.3, 0.4) is 0 Å². The monoisotopic (exact) mass is 640 g/mol. The lowest BCUT2D eigenvalue weighted by atomic mass is 9.98. The van der Waals surface area contributed by atoms with E-state index in [1.165, 1.54) is 4.90 Å². The molecule has 0 fully saturated rings. The van der Waals surface area contributed by atoms with Crippen molar-refractivity contribution >= 4 is 72.1 Å². The maximum absolute atomic E-state index is 13.2. The number of aryl methyl sites for hydroxylation is 1. The molecule has 0 radical (unpaired) electrons. The number of amides is 2. The SMILES string of the molecule is CN(C)C(=O)CN(c1ccc(NC(=C2C(=O)Nc3cc(Br)ccc32)c2ccc(CCC(=O)O)cc2)cc1)S(C)(=O)=O. The Morgan fingerprint density at radius 1 is 1.00 bits per heavy atom. The minimum Gasteiger partial charge on any atom is -0.481 e. The second-order valence-corrected chi connectivity index (χ2v) is 12.5. The summed E-state index contributed by atoms with van der Waals surface area (Å²) in [5.41, 5.74) is 4.74. The van der Waals surface area contributed by atoms with Crippen LogP contribution in [0, 0.1) is 0 Å². The van der Waals surface area contributed by atoms with E-state index in [4.69, 9.17) is 5.11 Å². The van der Waals surface area contributed by atoms with Crippen LogP contribution in [0.25, 0.3) is 11.3 Å². The molecule has 1 heterocycles. The van der Waals surface area contributed by atoms with E-state index in [-0.39, 0.29) is 24.8 Å². The van der Waals surface area contributed by atoms with Crippen LogP contribution in [0.4, 0.5) is 17.1 Å². The number of aliphatic carboxylic acids is 1. The number of hydrogen-bond acceptors (Lipinski definition) is 6. The summed E-state index contributed by atoms with van der Waals surface area (Å²) in [4.78, 5) is 37.8. The lowest BCUT2D eigenvalue weighted by Crippen LogP contribution is -2.39. The molecule has 3 aromatic carbocycles. The number of fused-ring (bicyclic) bond motifs is 1. The van der Waals surface area contributed by atoms with Crippen molar-refractivity contribution in [3.05, 3.63) is 87.9 Å². The first-order valence-electron chi connectivity index (χ1n) is 12.5. The molecule has 1 aliphatic heterocycles. The summed E-state index contributed by atoms with van der Waals surface area (Å²) >= 11 is 3.43. The number of anilines is 3. The van der Waals surface area contributed by atoms with Gasteiger partial charge in [-0.2, -0.15) is 0 Å². The number of benzene rings is 3. The Bertz CT molecular complexity index is 1630. The Hall–Kier alpha value is -4.16. The molecule has 0 unspecified atom stereocenters. The van der Waals surface area contributed by atoms with Crippen LogP contribution in [0.2, 0.25) is 0 Å². The first-order valence-corrected chi connectivity index (χ1v) is 15.2. The molecule has 214 valence electrons. The topological polar surface area (TPSA) is 136 Å². The van der Waals surface area contributed by atoms with Gasteiger partial charge in [0.1, 0.15) is 6.54 Å². The van der Waals surface area contributed by atoms with Crippen LogP contribution in [0.5, 0.6) is 0 Å². The zero-order valence-electron chi connectivity index (χ0n) is 22.6. The maximum atomic E-state index is 13.2. The molecule has 4 rings (SSSR count). The molecule has 0 aromatic heterocycles. The highest BCUT2D eigenvalue weighted by Crippen LogP contribution is 2.39. The largest absolute Gasteiger partial charge is 0.481 e. The van der Waals surface area contributed by atoms with Gasteiger partial charge in [-0.05, 0) is 53.9 Å². The zero-order chi connectivity index (χ0) is 29.9. The molecule has 10 nitrogen and oxygen atoms in total. The van der Waals surface area contributed by atoms with Gasteiger partial charge in [-0.1, -0.05) is 46.3 Å². The number of carboxylic acid groups (broad SMARTS) is 1. The van der Waals surface area contributed by atoms with Crippen LogP contribution in [0.1, 0.15) is 23.1 Å². The number of nitrogens with zero attached hydrogens (tertiary/aromatic N) is 2. The first-order chi connectivity index (χ1) is 19.3. The molecule has 2 amide bonds. The molecule has 0 aliphatic carbocycles. The van der Waals surface area contributed by atoms with Gasteiger partial charge in [0.05, 0.1) is 28.9 Å². The number of sulfonamides is 1. The van der Waals surface area contributed by atoms with Crippen LogP contribution < -0.4 is 14.9 Å². The van der Waals surface area contributed by atoms with Crippen LogP contribution in [-0.4, -0.2) is 63.1 Å². The van der Waals surface area contributed by atoms with E-state index in [0.717, 1.165) is 20.6 Å². The van der Waals surface area contributed by atoms with Gasteiger partial charge in [0, 0.05) is 36.2 Å². The Morgan fingerprint density at radius 2 is 1.66 bits per heavy atom. The van der Waals surface area contributed by atoms with E-state index in [1.807, 2.05) is 42.5 Å². The predicted octanol–water partition coefficient (Wildman–Crippen LogP) is 4.25. The number of halogens is 1. The van der Waals surface area contributed by atoms with Crippen molar-refractivity contribution in [1.82, 2.24) is 4.90 Å². The average molecular weight is 642 g/mol. The van der Waals surface area contributed by atoms with Crippen molar-refractivity contribution in [2.24, 2.45) is 0 Å². The molecule has 12 heteroatoms. The van der Waals surface area contributed by atoms with E-state index < -0.39 is 16.0 Å². The van der Waals surface area contributed by atoms with Crippen LogP contribution in [-0.2, 0) is 30.8 Å². The first kappa shape index (κ1) is 29.8. The summed E-state index contributed by atoms with van der Waals surface area (Å²) in [6.07, 6.45) is 1.42. The summed E-state index contributed by atoms with van der Waals surface area (Å²) in [6.45, 7) is -0.339. The van der Waals surface area contributed by atoms with Gasteiger partial charge in [-0.15, -0.1) is 0 Å². The zero-order valence-corrected chi connectivity index (χ0v) is 25.0. The Morgan fingerprint density at radius 3 is 2.24 bits per heavy atom. The smallest absolute Gasteiger partial charge is 0.303 e. The Kier molecular flexibility index (Phi) is 8.83. The highest BCUT2D eigenvalue weighted by molar-refractivity contribution is 9.10. The standard InChI is InChI=1S/C29H29BrN4O6S/c1-33(2)25(35)17-34(41(3,39)40)22-12-10-21(11-13-22)31-28(19-7-4-18(5-8-19)6-15-26(36)37)27-23-14-9-20(30)16-24(23)32-29(27)38/h4-5,7-14,16,31H,6,15,17H2,1-3H3,(H,32,38)(H,36,37). The lowest BCUT2D eigenvalue weighted by Gasteiger charge is -2.24. The molecular weight excluding hydrogens is 612 g/mol. The highest BCUT2D eigenvalue weighted by Gasteiger charge is 2.29. The molecular formula is C29H29BrN4O6S. The molecule has 0 bridgehead atoms. The van der Waals surface area contributed by atoms with Gasteiger partial charge in [-0.3, -0.25) is 18.7 Å². The summed E-state index contributed by atoms with van der Waals surface area (Å²) in [5, 5.41) is 15.2. The fourth-order valence-corrected chi connectivity index (χ4v) is 5.49. The fourth-order valence-electron chi connectivity index (χ4n) is 4.28. The number of nitrogens with one attached hydrogen (secondary N) is 2. The maximum Gasteiger partial charge on any atom is 0.303 e. The molecule has 1 aliphatic rings. The van der Waals surface area contributed by atoms with E-state index in [0.29, 0.717) is 45.9 Å². The van der Waals surface area contributed by atoms with E-state index >= 15 is 0 Å². The summed E-state index contributed by atoms with van der Waals surface area (Å²) in [7, 11) is -0.624. The van der Waals surface area contributed by atoms with Gasteiger partial charge in [0.25, 0.3) is 5.91 Å². The van der Waals surface area contributed by atoms with Crippen molar-refractivity contribution < 1.29 is 27.9 Å². The van der Waals surface area contributed by atoms with Crippen LogP contribution in [0.15, 0.2) is 71.2 Å². The van der Waals surface area contributed by atoms with Gasteiger partial charge in [0.2, 0.25) is 15.9 Å². The third kappa shape index (κ3) is 7.14. The minimum absolute atomic E-state index is 0.00713. The lowest BCUT2D eigenvalue weighted by molar-refractivity contribution is -0.137. The summed E-state index contributed by atoms with van der Waals surface area (Å²) in [5.74, 6) is -1.54. The molecule has 0 saturated carbocycles. The Labute approximate surface area is 246 Å². The highest BCUT2D eigenvalue weighted by atomic mass is 79.9. The van der Waals surface area contributed by atoms with Gasteiger partial charge >= 0.3 is 5.97 Å². The number of likely N-dealkylation sites (N-methyl/N-ethyl adjacent to an activating group) is 1. The van der Waals surface area contributed by atoms with E-state index in [1.54, 1.807) is 38.4 Å². The second-order valence-electron chi connectivity index (χ2n) is 9.71. The third-order valence-electron chi connectivity index (χ3n) is 6.45. The van der Waals surface area contributed by atoms with Gasteiger partial charge < -0.3 is 20.6 Å². The molecule has 0 saturated heterocycles. The number of carbonyl (C=O) groups is 3. The molecule has 0 atom stereocenters. The van der Waals surface area contributed by atoms with Crippen molar-refractivity contribution in [2.45, 2.75) is 12.8 Å². The van der Waals surface area contributed by atoms with Gasteiger partial charge in [0.15, 0.2) is 0 Å². The van der Waals surface area contributed by atoms with Crippen molar-refractivity contribution in [1.29, 1.82) is 0 Å². The van der Waals surface area contributed by atoms with E-state index in [2.05, 4.69) is 26.6 Å². The number of rotatable bonds is 10. The third-order valence-corrected chi connectivity index (χ3v) is 8.08. The normalized spacial score (nSPS) is 13.7. The van der Waals surface area contributed by atoms with Crippen LogP contribution >= 0.6 is 15.9 Å². The van der Waals surface area contributed by atoms with Crippen molar-refractivity contribution in [2.75, 3.05) is 41.8 Å². The quantitative estimate of drug-likeness (QED) is 0.282.